The fourth-order valence-electron chi connectivity index (χ4n) is 4.24. The van der Waals surface area contributed by atoms with Crippen molar-refractivity contribution in [3.8, 4) is 5.75 Å². The molecule has 5 heteroatoms. The second-order valence-corrected chi connectivity index (χ2v) is 7.03. The molecule has 4 nitrogen and oxygen atoms in total. The third-order valence-corrected chi connectivity index (χ3v) is 5.52. The highest BCUT2D eigenvalue weighted by molar-refractivity contribution is 5.29. The summed E-state index contributed by atoms with van der Waals surface area (Å²) in [7, 11) is 1.61. The summed E-state index contributed by atoms with van der Waals surface area (Å²) in [6.45, 7) is 3.68. The topological polar surface area (TPSA) is 35.9 Å². The number of rotatable bonds is 6. The maximum atomic E-state index is 14.1. The minimum Gasteiger partial charge on any atom is -0.497 e. The quantitative estimate of drug-likeness (QED) is 0.866. The lowest BCUT2D eigenvalue weighted by molar-refractivity contribution is 0.0263. The lowest BCUT2D eigenvalue weighted by atomic mass is 10.0. The Morgan fingerprint density at radius 1 is 1.25 bits per heavy atom. The van der Waals surface area contributed by atoms with Crippen LogP contribution in [0, 0.1) is 5.82 Å². The first-order chi connectivity index (χ1) is 11.7. The van der Waals surface area contributed by atoms with Crippen LogP contribution in [0.5, 0.6) is 5.75 Å². The zero-order valence-corrected chi connectivity index (χ0v) is 14.6. The second kappa shape index (κ2) is 8.28. The Labute approximate surface area is 144 Å². The van der Waals surface area contributed by atoms with Crippen LogP contribution in [0.2, 0.25) is 0 Å². The van der Waals surface area contributed by atoms with Crippen molar-refractivity contribution in [2.75, 3.05) is 33.4 Å². The Bertz CT molecular complexity index is 534. The Kier molecular flexibility index (Phi) is 6.09. The molecule has 0 radical (unpaired) electrons. The van der Waals surface area contributed by atoms with Gasteiger partial charge in [0.25, 0.3) is 0 Å². The average Bonchev–Trinajstić information content (AvgIpc) is 3.12. The van der Waals surface area contributed by atoms with Gasteiger partial charge < -0.3 is 9.84 Å². The first-order valence-electron chi connectivity index (χ1n) is 9.12. The number of aliphatic hydroxyl groups excluding tert-OH is 1. The molecular formula is C19H29FN2O2. The second-order valence-electron chi connectivity index (χ2n) is 7.03. The van der Waals surface area contributed by atoms with Gasteiger partial charge >= 0.3 is 0 Å². The van der Waals surface area contributed by atoms with E-state index in [4.69, 9.17) is 4.74 Å². The highest BCUT2D eigenvalue weighted by atomic mass is 19.1. The van der Waals surface area contributed by atoms with E-state index in [1.54, 1.807) is 19.2 Å². The summed E-state index contributed by atoms with van der Waals surface area (Å²) in [4.78, 5) is 4.91. The predicted molar refractivity (Wildman–Crippen MR) is 92.7 cm³/mol. The molecule has 0 spiro atoms. The molecule has 3 rings (SSSR count). The molecule has 1 atom stereocenters. The van der Waals surface area contributed by atoms with E-state index < -0.39 is 0 Å². The van der Waals surface area contributed by atoms with Gasteiger partial charge in [0.2, 0.25) is 0 Å². The van der Waals surface area contributed by atoms with Gasteiger partial charge in [-0.05, 0) is 37.5 Å². The highest BCUT2D eigenvalue weighted by Crippen LogP contribution is 2.28. The van der Waals surface area contributed by atoms with Crippen molar-refractivity contribution >= 4 is 0 Å². The van der Waals surface area contributed by atoms with Crippen LogP contribution in [0.4, 0.5) is 4.39 Å². The van der Waals surface area contributed by atoms with E-state index in [2.05, 4.69) is 9.80 Å². The molecule has 1 saturated heterocycles. The van der Waals surface area contributed by atoms with Gasteiger partial charge in [-0.3, -0.25) is 9.80 Å². The molecule has 24 heavy (non-hydrogen) atoms. The highest BCUT2D eigenvalue weighted by Gasteiger charge is 2.33. The first-order valence-corrected chi connectivity index (χ1v) is 9.12. The Morgan fingerprint density at radius 3 is 2.75 bits per heavy atom. The normalized spacial score (nSPS) is 23.7. The molecule has 0 bridgehead atoms. The molecule has 1 unspecified atom stereocenters. The van der Waals surface area contributed by atoms with Crippen LogP contribution >= 0.6 is 0 Å². The van der Waals surface area contributed by atoms with E-state index in [0.29, 0.717) is 29.9 Å². The maximum Gasteiger partial charge on any atom is 0.127 e. The predicted octanol–water partition coefficient (Wildman–Crippen LogP) is 2.65. The van der Waals surface area contributed by atoms with Crippen LogP contribution in [0.15, 0.2) is 18.2 Å². The van der Waals surface area contributed by atoms with Crippen molar-refractivity contribution in [3.05, 3.63) is 29.6 Å². The number of methoxy groups -OCH3 is 1. The van der Waals surface area contributed by atoms with Gasteiger partial charge in [-0.2, -0.15) is 0 Å². The standard InChI is InChI=1S/C19H29FN2O2/c1-24-18-6-7-19(20)15(12-18)13-21-9-10-22(16-4-2-3-5-16)17(14-21)8-11-23/h6-7,12,16-17,23H,2-5,8-11,13-14H2,1H3. The van der Waals surface area contributed by atoms with Crippen molar-refractivity contribution in [2.45, 2.75) is 50.7 Å². The largest absolute Gasteiger partial charge is 0.497 e. The number of piperazine rings is 1. The van der Waals surface area contributed by atoms with Crippen molar-refractivity contribution in [2.24, 2.45) is 0 Å². The lowest BCUT2D eigenvalue weighted by Gasteiger charge is -2.44. The number of ether oxygens (including phenoxy) is 1. The van der Waals surface area contributed by atoms with Crippen LogP contribution in [-0.2, 0) is 6.54 Å². The molecule has 134 valence electrons. The number of aliphatic hydroxyl groups is 1. The summed E-state index contributed by atoms with van der Waals surface area (Å²) < 4.78 is 19.3. The van der Waals surface area contributed by atoms with Crippen LogP contribution in [-0.4, -0.2) is 60.3 Å². The molecule has 1 aliphatic carbocycles. The number of hydrogen-bond acceptors (Lipinski definition) is 4. The summed E-state index contributed by atoms with van der Waals surface area (Å²) >= 11 is 0. The molecule has 0 amide bonds. The summed E-state index contributed by atoms with van der Waals surface area (Å²) in [6, 6.07) is 5.98. The van der Waals surface area contributed by atoms with Crippen LogP contribution in [0.25, 0.3) is 0 Å². The number of hydrogen-bond donors (Lipinski definition) is 1. The van der Waals surface area contributed by atoms with Crippen LogP contribution in [0.3, 0.4) is 0 Å². The number of benzene rings is 1. The minimum atomic E-state index is -0.173. The van der Waals surface area contributed by atoms with E-state index in [-0.39, 0.29) is 12.4 Å². The van der Waals surface area contributed by atoms with E-state index in [0.717, 1.165) is 26.1 Å². The molecule has 1 heterocycles. The van der Waals surface area contributed by atoms with Gasteiger partial charge in [0.15, 0.2) is 0 Å². The van der Waals surface area contributed by atoms with Crippen LogP contribution < -0.4 is 4.74 Å². The Morgan fingerprint density at radius 2 is 2.04 bits per heavy atom. The molecule has 2 fully saturated rings. The smallest absolute Gasteiger partial charge is 0.127 e. The molecule has 1 aromatic carbocycles. The minimum absolute atomic E-state index is 0.173. The molecule has 1 N–H and O–H groups in total. The van der Waals surface area contributed by atoms with E-state index in [9.17, 15) is 9.50 Å². The van der Waals surface area contributed by atoms with Gasteiger partial charge in [-0.15, -0.1) is 0 Å². The van der Waals surface area contributed by atoms with Crippen LogP contribution in [0.1, 0.15) is 37.7 Å². The summed E-state index contributed by atoms with van der Waals surface area (Å²) in [5.74, 6) is 0.524. The maximum absolute atomic E-state index is 14.1. The number of halogens is 1. The molecule has 2 aliphatic rings. The SMILES string of the molecule is COc1ccc(F)c(CN2CCN(C3CCCC3)C(CCO)C2)c1. The van der Waals surface area contributed by atoms with Gasteiger partial charge in [0.05, 0.1) is 7.11 Å². The van der Waals surface area contributed by atoms with Crippen molar-refractivity contribution in [1.82, 2.24) is 9.80 Å². The van der Waals surface area contributed by atoms with Gasteiger partial charge in [-0.25, -0.2) is 4.39 Å². The third-order valence-electron chi connectivity index (χ3n) is 5.52. The zero-order valence-electron chi connectivity index (χ0n) is 14.6. The molecule has 1 saturated carbocycles. The van der Waals surface area contributed by atoms with E-state index in [1.807, 2.05) is 0 Å². The van der Waals surface area contributed by atoms with Crippen molar-refractivity contribution in [1.29, 1.82) is 0 Å². The average molecular weight is 336 g/mol. The van der Waals surface area contributed by atoms with E-state index >= 15 is 0 Å². The fourth-order valence-corrected chi connectivity index (χ4v) is 4.24. The summed E-state index contributed by atoms with van der Waals surface area (Å²) in [6.07, 6.45) is 6.02. The zero-order chi connectivity index (χ0) is 16.9. The number of nitrogens with zero attached hydrogens (tertiary/aromatic N) is 2. The van der Waals surface area contributed by atoms with Crippen molar-refractivity contribution < 1.29 is 14.2 Å². The molecular weight excluding hydrogens is 307 g/mol. The first kappa shape index (κ1) is 17.6. The third kappa shape index (κ3) is 4.08. The summed E-state index contributed by atoms with van der Waals surface area (Å²) in [5, 5.41) is 9.45. The monoisotopic (exact) mass is 336 g/mol. The molecule has 1 aromatic rings. The molecule has 1 aliphatic heterocycles. The van der Waals surface area contributed by atoms with Gasteiger partial charge in [0.1, 0.15) is 11.6 Å². The van der Waals surface area contributed by atoms with E-state index in [1.165, 1.54) is 31.7 Å². The van der Waals surface area contributed by atoms with Crippen molar-refractivity contribution in [3.63, 3.8) is 0 Å². The van der Waals surface area contributed by atoms with Gasteiger partial charge in [0, 0.05) is 50.4 Å². The summed E-state index contributed by atoms with van der Waals surface area (Å²) in [5.41, 5.74) is 0.686. The fraction of sp³-hybridized carbons (Fsp3) is 0.684. The lowest BCUT2D eigenvalue weighted by Crippen LogP contribution is -2.56. The Hall–Kier alpha value is -1.17. The Balaban J connectivity index is 1.65. The molecule has 0 aromatic heterocycles. The van der Waals surface area contributed by atoms with Gasteiger partial charge in [-0.1, -0.05) is 12.8 Å².